The number of nitrogens with one attached hydrogen (secondary N) is 1. The highest BCUT2D eigenvalue weighted by molar-refractivity contribution is 7.89. The molecule has 0 aromatic heterocycles. The second kappa shape index (κ2) is 8.97. The summed E-state index contributed by atoms with van der Waals surface area (Å²) >= 11 is 0. The Morgan fingerprint density at radius 2 is 1.65 bits per heavy atom. The first-order valence-electron chi connectivity index (χ1n) is 9.31. The van der Waals surface area contributed by atoms with E-state index >= 15 is 0 Å². The van der Waals surface area contributed by atoms with Crippen molar-refractivity contribution in [3.63, 3.8) is 0 Å². The van der Waals surface area contributed by atoms with Crippen LogP contribution in [0.1, 0.15) is 40.5 Å². The van der Waals surface area contributed by atoms with Crippen LogP contribution in [0.25, 0.3) is 0 Å². The molecule has 0 unspecified atom stereocenters. The van der Waals surface area contributed by atoms with E-state index in [1.54, 1.807) is 30.3 Å². The first-order chi connectivity index (χ1) is 12.2. The molecule has 0 bridgehead atoms. The predicted octanol–water partition coefficient (Wildman–Crippen LogP) is 2.07. The van der Waals surface area contributed by atoms with Crippen molar-refractivity contribution in [3.05, 3.63) is 30.3 Å². The van der Waals surface area contributed by atoms with Gasteiger partial charge in [-0.3, -0.25) is 9.69 Å². The maximum Gasteiger partial charge on any atom is 0.240 e. The molecule has 1 heterocycles. The summed E-state index contributed by atoms with van der Waals surface area (Å²) in [7, 11) is -3.48. The fourth-order valence-corrected chi connectivity index (χ4v) is 4.87. The molecule has 0 radical (unpaired) electrons. The fourth-order valence-electron chi connectivity index (χ4n) is 3.54. The van der Waals surface area contributed by atoms with E-state index in [1.165, 1.54) is 0 Å². The van der Waals surface area contributed by atoms with Gasteiger partial charge in [-0.25, -0.2) is 13.1 Å². The smallest absolute Gasteiger partial charge is 0.240 e. The van der Waals surface area contributed by atoms with Crippen LogP contribution in [0.15, 0.2) is 35.2 Å². The average molecular weight is 382 g/mol. The van der Waals surface area contributed by atoms with Crippen molar-refractivity contribution in [1.29, 1.82) is 0 Å². The van der Waals surface area contributed by atoms with Gasteiger partial charge in [0.05, 0.1) is 11.4 Å². The summed E-state index contributed by atoms with van der Waals surface area (Å²) in [4.78, 5) is 16.9. The minimum absolute atomic E-state index is 0.0853. The van der Waals surface area contributed by atoms with E-state index in [1.807, 2.05) is 32.6 Å². The molecule has 1 fully saturated rings. The number of hydrogen-bond acceptors (Lipinski definition) is 4. The summed E-state index contributed by atoms with van der Waals surface area (Å²) in [5.41, 5.74) is 0. The first-order valence-corrected chi connectivity index (χ1v) is 10.8. The Morgan fingerprint density at radius 3 is 2.15 bits per heavy atom. The van der Waals surface area contributed by atoms with E-state index in [9.17, 15) is 13.2 Å². The van der Waals surface area contributed by atoms with E-state index < -0.39 is 10.0 Å². The van der Waals surface area contributed by atoms with Crippen LogP contribution in [-0.2, 0) is 14.8 Å². The lowest BCUT2D eigenvalue weighted by Crippen LogP contribution is -2.50. The summed E-state index contributed by atoms with van der Waals surface area (Å²) in [5.74, 6) is 0.137. The lowest BCUT2D eigenvalue weighted by Gasteiger charge is -2.36. The number of benzene rings is 1. The van der Waals surface area contributed by atoms with Crippen molar-refractivity contribution in [2.24, 2.45) is 0 Å². The highest BCUT2D eigenvalue weighted by Gasteiger charge is 2.27. The topological polar surface area (TPSA) is 69.7 Å². The molecule has 0 spiro atoms. The number of likely N-dealkylation sites (tertiary alicyclic amines) is 1. The highest BCUT2D eigenvalue weighted by Crippen LogP contribution is 2.16. The second-order valence-electron chi connectivity index (χ2n) is 7.47. The molecule has 1 amide bonds. The van der Waals surface area contributed by atoms with Gasteiger partial charge in [0.15, 0.2) is 0 Å². The molecule has 1 N–H and O–H groups in total. The Labute approximate surface area is 157 Å². The molecular formula is C19H31N3O3S. The lowest BCUT2D eigenvalue weighted by atomic mass is 10.1. The van der Waals surface area contributed by atoms with Crippen molar-refractivity contribution in [2.75, 3.05) is 19.6 Å². The zero-order valence-corrected chi connectivity index (χ0v) is 17.0. The van der Waals surface area contributed by atoms with E-state index in [4.69, 9.17) is 0 Å². The SMILES string of the molecule is CC(C)N(C(=O)CN1CCC(NS(=O)(=O)c2ccccc2)CC1)C(C)C. The van der Waals surface area contributed by atoms with Gasteiger partial charge in [-0.2, -0.15) is 0 Å². The molecule has 146 valence electrons. The molecular weight excluding hydrogens is 350 g/mol. The van der Waals surface area contributed by atoms with Crippen molar-refractivity contribution in [1.82, 2.24) is 14.5 Å². The minimum atomic E-state index is -3.48. The van der Waals surface area contributed by atoms with Crippen LogP contribution < -0.4 is 4.72 Å². The fraction of sp³-hybridized carbons (Fsp3) is 0.632. The van der Waals surface area contributed by atoms with Gasteiger partial charge in [0.1, 0.15) is 0 Å². The monoisotopic (exact) mass is 381 g/mol. The molecule has 0 saturated carbocycles. The number of sulfonamides is 1. The number of nitrogens with zero attached hydrogens (tertiary/aromatic N) is 2. The van der Waals surface area contributed by atoms with Crippen molar-refractivity contribution < 1.29 is 13.2 Å². The Hall–Kier alpha value is -1.44. The molecule has 2 rings (SSSR count). The van der Waals surface area contributed by atoms with Crippen molar-refractivity contribution >= 4 is 15.9 Å². The van der Waals surface area contributed by atoms with Gasteiger partial charge >= 0.3 is 0 Å². The molecule has 26 heavy (non-hydrogen) atoms. The van der Waals surface area contributed by atoms with Crippen LogP contribution >= 0.6 is 0 Å². The van der Waals surface area contributed by atoms with Crippen LogP contribution in [0.5, 0.6) is 0 Å². The normalized spacial score (nSPS) is 17.0. The van der Waals surface area contributed by atoms with E-state index in [-0.39, 0.29) is 24.0 Å². The van der Waals surface area contributed by atoms with Gasteiger partial charge in [0, 0.05) is 31.2 Å². The Kier molecular flexibility index (Phi) is 7.20. The Morgan fingerprint density at radius 1 is 1.12 bits per heavy atom. The minimum Gasteiger partial charge on any atom is -0.337 e. The largest absolute Gasteiger partial charge is 0.337 e. The summed E-state index contributed by atoms with van der Waals surface area (Å²) in [6.07, 6.45) is 1.42. The maximum absolute atomic E-state index is 12.6. The van der Waals surface area contributed by atoms with Gasteiger partial charge in [0.2, 0.25) is 15.9 Å². The van der Waals surface area contributed by atoms with Gasteiger partial charge < -0.3 is 4.90 Å². The van der Waals surface area contributed by atoms with E-state index in [0.29, 0.717) is 24.3 Å². The van der Waals surface area contributed by atoms with Crippen LogP contribution in [-0.4, -0.2) is 61.9 Å². The molecule has 1 aromatic rings. The van der Waals surface area contributed by atoms with E-state index in [2.05, 4.69) is 9.62 Å². The quantitative estimate of drug-likeness (QED) is 0.785. The number of rotatable bonds is 7. The van der Waals surface area contributed by atoms with Crippen LogP contribution in [0, 0.1) is 0 Å². The third-order valence-corrected chi connectivity index (χ3v) is 6.26. The van der Waals surface area contributed by atoms with Gasteiger partial charge in [-0.1, -0.05) is 18.2 Å². The van der Waals surface area contributed by atoms with Gasteiger partial charge in [-0.15, -0.1) is 0 Å². The highest BCUT2D eigenvalue weighted by atomic mass is 32.2. The first kappa shape index (κ1) is 20.9. The standard InChI is InChI=1S/C19H31N3O3S/c1-15(2)22(16(3)4)19(23)14-21-12-10-17(11-13-21)20-26(24,25)18-8-6-5-7-9-18/h5-9,15-17,20H,10-14H2,1-4H3. The predicted molar refractivity (Wildman–Crippen MR) is 103 cm³/mol. The number of hydrogen-bond donors (Lipinski definition) is 1. The van der Waals surface area contributed by atoms with Crippen molar-refractivity contribution in [2.45, 2.75) is 63.6 Å². The molecule has 1 saturated heterocycles. The molecule has 7 heteroatoms. The summed E-state index contributed by atoms with van der Waals surface area (Å²) in [6.45, 7) is 9.96. The third-order valence-electron chi connectivity index (χ3n) is 4.72. The molecule has 1 aliphatic heterocycles. The van der Waals surface area contributed by atoms with E-state index in [0.717, 1.165) is 13.1 Å². The van der Waals surface area contributed by atoms with Crippen LogP contribution in [0.3, 0.4) is 0 Å². The number of carbonyl (C=O) groups is 1. The summed E-state index contributed by atoms with van der Waals surface area (Å²) in [6, 6.07) is 8.71. The third kappa shape index (κ3) is 5.53. The summed E-state index contributed by atoms with van der Waals surface area (Å²) in [5, 5.41) is 0. The zero-order chi connectivity index (χ0) is 19.3. The molecule has 0 atom stereocenters. The Balaban J connectivity index is 1.86. The Bertz CT molecular complexity index is 673. The molecule has 1 aliphatic rings. The van der Waals surface area contributed by atoms with Gasteiger partial charge in [-0.05, 0) is 52.7 Å². The van der Waals surface area contributed by atoms with Crippen LogP contribution in [0.4, 0.5) is 0 Å². The van der Waals surface area contributed by atoms with Gasteiger partial charge in [0.25, 0.3) is 0 Å². The lowest BCUT2D eigenvalue weighted by molar-refractivity contribution is -0.136. The molecule has 0 aliphatic carbocycles. The average Bonchev–Trinajstić information content (AvgIpc) is 2.56. The zero-order valence-electron chi connectivity index (χ0n) is 16.2. The number of carbonyl (C=O) groups excluding carboxylic acids is 1. The molecule has 1 aromatic carbocycles. The summed E-state index contributed by atoms with van der Waals surface area (Å²) < 4.78 is 27.6. The number of piperidine rings is 1. The van der Waals surface area contributed by atoms with Crippen molar-refractivity contribution in [3.8, 4) is 0 Å². The molecule has 6 nitrogen and oxygen atoms in total. The van der Waals surface area contributed by atoms with Crippen LogP contribution in [0.2, 0.25) is 0 Å². The maximum atomic E-state index is 12.6. The number of amides is 1. The second-order valence-corrected chi connectivity index (χ2v) is 9.19.